The molecule has 7 aromatic carbocycles. The van der Waals surface area contributed by atoms with E-state index in [0.717, 1.165) is 80.4 Å². The minimum absolute atomic E-state index is 0.477. The van der Waals surface area contributed by atoms with Crippen LogP contribution in [-0.2, 0) is 32.9 Å². The van der Waals surface area contributed by atoms with Gasteiger partial charge in [0.25, 0.3) is 0 Å². The van der Waals surface area contributed by atoms with E-state index in [9.17, 15) is 16.8 Å². The normalized spacial score (nSPS) is 11.4. The average Bonchev–Trinajstić information content (AvgIpc) is 3.31. The highest BCUT2D eigenvalue weighted by atomic mass is 32.2. The van der Waals surface area contributed by atoms with E-state index in [1.807, 2.05) is 140 Å². The van der Waals surface area contributed by atoms with E-state index in [-0.39, 0.29) is 0 Å². The number of methoxy groups -OCH3 is 1. The number of aromatic nitrogens is 2. The zero-order valence-corrected chi connectivity index (χ0v) is 37.7. The van der Waals surface area contributed by atoms with E-state index in [4.69, 9.17) is 20.4 Å². The number of fused-ring (bicyclic) bond motifs is 2. The molecule has 0 aliphatic heterocycles. The maximum Gasteiger partial charge on any atom is 0.229 e. The fraction of sp³-hybridized carbons (Fsp3) is 0.0943. The molecule has 65 heavy (non-hydrogen) atoms. The number of aryl methyl sites for hydroxylation is 2. The number of ether oxygens (including phenoxy) is 1. The van der Waals surface area contributed by atoms with Gasteiger partial charge in [0.15, 0.2) is 0 Å². The maximum atomic E-state index is 12.6. The Hall–Kier alpha value is -7.54. The first kappa shape index (κ1) is 44.1. The lowest BCUT2D eigenvalue weighted by Crippen LogP contribution is -2.12. The highest BCUT2D eigenvalue weighted by Gasteiger charge is 2.22. The zero-order valence-electron chi connectivity index (χ0n) is 36.1. The van der Waals surface area contributed by atoms with E-state index >= 15 is 0 Å². The van der Waals surface area contributed by atoms with Gasteiger partial charge in [-0.25, -0.2) is 26.8 Å². The number of pyridine rings is 2. The van der Waals surface area contributed by atoms with Gasteiger partial charge in [0.2, 0.25) is 20.0 Å². The van der Waals surface area contributed by atoms with Crippen molar-refractivity contribution in [1.82, 2.24) is 9.97 Å². The van der Waals surface area contributed by atoms with Crippen LogP contribution in [-0.4, -0.2) is 46.4 Å². The van der Waals surface area contributed by atoms with Crippen molar-refractivity contribution >= 4 is 58.9 Å². The molecule has 0 unspecified atom stereocenters. The fourth-order valence-electron chi connectivity index (χ4n) is 7.79. The first-order chi connectivity index (χ1) is 31.3. The van der Waals surface area contributed by atoms with Crippen molar-refractivity contribution < 1.29 is 21.6 Å². The van der Waals surface area contributed by atoms with E-state index in [1.54, 1.807) is 25.3 Å². The lowest BCUT2D eigenvalue weighted by Gasteiger charge is -2.19. The van der Waals surface area contributed by atoms with Gasteiger partial charge in [-0.1, -0.05) is 140 Å². The Kier molecular flexibility index (Phi) is 12.9. The number of rotatable bonds is 12. The number of anilines is 3. The van der Waals surface area contributed by atoms with Crippen LogP contribution >= 0.6 is 0 Å². The highest BCUT2D eigenvalue weighted by molar-refractivity contribution is 7.92. The first-order valence-corrected chi connectivity index (χ1v) is 24.6. The number of hydrogen-bond donors (Lipinski definition) is 3. The van der Waals surface area contributed by atoms with Gasteiger partial charge in [-0.15, -0.1) is 0 Å². The molecule has 12 heteroatoms. The molecular weight excluding hydrogens is 851 g/mol. The molecule has 0 amide bonds. The van der Waals surface area contributed by atoms with E-state index in [1.165, 1.54) is 11.8 Å². The molecule has 4 N–H and O–H groups in total. The Bertz CT molecular complexity index is 3340. The van der Waals surface area contributed by atoms with E-state index in [2.05, 4.69) is 33.7 Å². The predicted octanol–water partition coefficient (Wildman–Crippen LogP) is 11.3. The predicted molar refractivity (Wildman–Crippen MR) is 267 cm³/mol. The monoisotopic (exact) mass is 897 g/mol. The van der Waals surface area contributed by atoms with Gasteiger partial charge in [0.1, 0.15) is 5.75 Å². The van der Waals surface area contributed by atoms with Crippen molar-refractivity contribution in [2.45, 2.75) is 12.8 Å². The molecule has 9 aromatic rings. The third-order valence-corrected chi connectivity index (χ3v) is 11.9. The molecule has 0 radical (unpaired) electrons. The zero-order chi connectivity index (χ0) is 45.6. The molecule has 0 atom stereocenters. The summed E-state index contributed by atoms with van der Waals surface area (Å²) in [7, 11) is -5.43. The Balaban J connectivity index is 0.000000184. The number of hydrogen-bond acceptors (Lipinski definition) is 8. The van der Waals surface area contributed by atoms with Crippen LogP contribution in [0.15, 0.2) is 182 Å². The largest absolute Gasteiger partial charge is 0.497 e. The molecule has 9 rings (SSSR count). The third kappa shape index (κ3) is 10.6. The summed E-state index contributed by atoms with van der Waals surface area (Å²) in [6.45, 7) is 0. The van der Waals surface area contributed by atoms with Gasteiger partial charge in [0, 0.05) is 38.7 Å². The van der Waals surface area contributed by atoms with Crippen molar-refractivity contribution in [1.29, 1.82) is 0 Å². The lowest BCUT2D eigenvalue weighted by atomic mass is 9.94. The molecule has 0 aliphatic rings. The minimum Gasteiger partial charge on any atom is -0.497 e. The average molecular weight is 898 g/mol. The molecule has 2 heterocycles. The van der Waals surface area contributed by atoms with Crippen molar-refractivity contribution in [3.05, 3.63) is 193 Å². The summed E-state index contributed by atoms with van der Waals surface area (Å²) in [5, 5.41) is 1.43. The van der Waals surface area contributed by atoms with Crippen molar-refractivity contribution in [3.8, 4) is 50.5 Å². The smallest absolute Gasteiger partial charge is 0.229 e. The molecule has 0 bridgehead atoms. The van der Waals surface area contributed by atoms with Crippen molar-refractivity contribution in [3.63, 3.8) is 0 Å². The molecule has 326 valence electrons. The van der Waals surface area contributed by atoms with Crippen LogP contribution in [0.1, 0.15) is 11.1 Å². The fourth-order valence-corrected chi connectivity index (χ4v) is 8.96. The van der Waals surface area contributed by atoms with Crippen LogP contribution < -0.4 is 19.9 Å². The SMILES string of the molecule is COc1ccc(CCc2ccc3nc(-c4ccccc4)c(-c4ccccc4)c(NS(C)(=O)=O)c3c2)cc1.CS(=O)(=O)Nc1c(-c2ccccc2)c(-c2ccccc2)nc2ccc(N)cc12. The molecular formula is C53H47N5O5S2. The maximum absolute atomic E-state index is 12.6. The van der Waals surface area contributed by atoms with Gasteiger partial charge in [-0.2, -0.15) is 0 Å². The molecule has 0 saturated heterocycles. The molecule has 0 saturated carbocycles. The Morgan fingerprint density at radius 3 is 1.29 bits per heavy atom. The summed E-state index contributed by atoms with van der Waals surface area (Å²) >= 11 is 0. The summed E-state index contributed by atoms with van der Waals surface area (Å²) < 4.78 is 60.4. The van der Waals surface area contributed by atoms with Crippen LogP contribution in [0.25, 0.3) is 66.6 Å². The summed E-state index contributed by atoms with van der Waals surface area (Å²) in [6, 6.07) is 58.5. The van der Waals surface area contributed by atoms with Gasteiger partial charge in [-0.05, 0) is 77.6 Å². The summed E-state index contributed by atoms with van der Waals surface area (Å²) in [5.41, 5.74) is 17.8. The van der Waals surface area contributed by atoms with Crippen molar-refractivity contribution in [2.24, 2.45) is 0 Å². The quantitative estimate of drug-likeness (QED) is 0.102. The number of nitrogen functional groups attached to an aromatic ring is 1. The molecule has 0 aliphatic carbocycles. The van der Waals surface area contributed by atoms with Crippen LogP contribution in [0.2, 0.25) is 0 Å². The van der Waals surface area contributed by atoms with E-state index in [0.29, 0.717) is 33.7 Å². The second-order valence-electron chi connectivity index (χ2n) is 15.6. The highest BCUT2D eigenvalue weighted by Crippen LogP contribution is 2.43. The number of nitrogens with one attached hydrogen (secondary N) is 2. The third-order valence-electron chi connectivity index (χ3n) is 10.7. The molecule has 0 spiro atoms. The van der Waals surface area contributed by atoms with Crippen LogP contribution in [0.5, 0.6) is 5.75 Å². The van der Waals surface area contributed by atoms with Gasteiger partial charge >= 0.3 is 0 Å². The standard InChI is InChI=1S/C31H28N2O3S.C22H19N3O2S/c1-36-26-18-15-22(16-19-26)13-14-23-17-20-28-27(21-23)31(33-37(2,34)35)29(24-9-5-3-6-10-24)30(32-28)25-11-7-4-8-12-25;1-28(26,27)25-22-18-14-17(23)12-13-19(18)24-21(16-10-6-3-7-11-16)20(22)15-8-4-2-5-9-15/h3-12,15-21H,13-14H2,1-2H3,(H,32,33);2-14H,23H2,1H3,(H,24,25). The van der Waals surface area contributed by atoms with Gasteiger partial charge in [0.05, 0.1) is 53.4 Å². The van der Waals surface area contributed by atoms with Crippen molar-refractivity contribution in [2.75, 3.05) is 34.8 Å². The van der Waals surface area contributed by atoms with Crippen LogP contribution in [0, 0.1) is 0 Å². The summed E-state index contributed by atoms with van der Waals surface area (Å²) in [6.07, 6.45) is 3.99. The van der Waals surface area contributed by atoms with E-state index < -0.39 is 20.0 Å². The topological polar surface area (TPSA) is 153 Å². The van der Waals surface area contributed by atoms with Gasteiger partial charge < -0.3 is 10.5 Å². The first-order valence-electron chi connectivity index (χ1n) is 20.8. The summed E-state index contributed by atoms with van der Waals surface area (Å²) in [4.78, 5) is 9.91. The minimum atomic E-state index is -3.56. The lowest BCUT2D eigenvalue weighted by molar-refractivity contribution is 0.414. The Morgan fingerprint density at radius 1 is 0.477 bits per heavy atom. The second-order valence-corrected chi connectivity index (χ2v) is 19.1. The van der Waals surface area contributed by atoms with Crippen LogP contribution in [0.4, 0.5) is 17.1 Å². The molecule has 2 aromatic heterocycles. The number of sulfonamides is 2. The van der Waals surface area contributed by atoms with Gasteiger partial charge in [-0.3, -0.25) is 9.44 Å². The number of nitrogens with zero attached hydrogens (tertiary/aromatic N) is 2. The Labute approximate surface area is 379 Å². The molecule has 0 fully saturated rings. The number of benzene rings is 7. The number of nitrogens with two attached hydrogens (primary N) is 1. The Morgan fingerprint density at radius 2 is 0.862 bits per heavy atom. The second kappa shape index (κ2) is 19.1. The van der Waals surface area contributed by atoms with Crippen LogP contribution in [0.3, 0.4) is 0 Å². The summed E-state index contributed by atoms with van der Waals surface area (Å²) in [5.74, 6) is 0.833. The molecule has 10 nitrogen and oxygen atoms in total.